The molecule has 0 N–H and O–H groups in total. The predicted molar refractivity (Wildman–Crippen MR) is 75.0 cm³/mol. The van der Waals surface area contributed by atoms with Gasteiger partial charge in [-0.1, -0.05) is 41.5 Å². The molecule has 112 valence electrons. The SMILES string of the molecule is Cc1ccc(Cc2ccc(C)cc2C(F)(F)F)c(CF)c1. The van der Waals surface area contributed by atoms with E-state index in [9.17, 15) is 17.6 Å². The summed E-state index contributed by atoms with van der Waals surface area (Å²) >= 11 is 0. The predicted octanol–water partition coefficient (Wildman–Crippen LogP) is 5.38. The molecular formula is C17H16F4. The smallest absolute Gasteiger partial charge is 0.246 e. The standard InChI is InChI=1S/C17H16F4/c1-11-3-5-13(15(7-11)10-18)9-14-6-4-12(2)8-16(14)17(19,20)21/h3-8H,9-10H2,1-2H3. The fraction of sp³-hybridized carbons (Fsp3) is 0.294. The van der Waals surface area contributed by atoms with Crippen molar-refractivity contribution in [3.63, 3.8) is 0 Å². The lowest BCUT2D eigenvalue weighted by Gasteiger charge is -2.15. The van der Waals surface area contributed by atoms with Gasteiger partial charge in [-0.15, -0.1) is 0 Å². The largest absolute Gasteiger partial charge is 0.416 e. The first-order valence-electron chi connectivity index (χ1n) is 6.62. The molecule has 2 aromatic carbocycles. The second-order valence-electron chi connectivity index (χ2n) is 5.24. The van der Waals surface area contributed by atoms with Crippen LogP contribution in [0.5, 0.6) is 0 Å². The summed E-state index contributed by atoms with van der Waals surface area (Å²) in [5, 5.41) is 0. The van der Waals surface area contributed by atoms with Crippen molar-refractivity contribution in [1.29, 1.82) is 0 Å². The van der Waals surface area contributed by atoms with Gasteiger partial charge in [-0.25, -0.2) is 4.39 Å². The van der Waals surface area contributed by atoms with Crippen LogP contribution >= 0.6 is 0 Å². The molecule has 0 radical (unpaired) electrons. The molecule has 0 saturated heterocycles. The summed E-state index contributed by atoms with van der Waals surface area (Å²) < 4.78 is 52.4. The van der Waals surface area contributed by atoms with Gasteiger partial charge >= 0.3 is 6.18 Å². The van der Waals surface area contributed by atoms with Crippen LogP contribution in [0.3, 0.4) is 0 Å². The summed E-state index contributed by atoms with van der Waals surface area (Å²) in [6.07, 6.45) is -4.32. The topological polar surface area (TPSA) is 0 Å². The third kappa shape index (κ3) is 3.63. The number of aryl methyl sites for hydroxylation is 2. The summed E-state index contributed by atoms with van der Waals surface area (Å²) in [5.41, 5.74) is 2.02. The zero-order valence-corrected chi connectivity index (χ0v) is 11.9. The van der Waals surface area contributed by atoms with Gasteiger partial charge in [0.05, 0.1) is 5.56 Å². The van der Waals surface area contributed by atoms with Crippen molar-refractivity contribution in [3.05, 3.63) is 69.8 Å². The Hall–Kier alpha value is -1.84. The summed E-state index contributed by atoms with van der Waals surface area (Å²) in [7, 11) is 0. The second kappa shape index (κ2) is 5.88. The van der Waals surface area contributed by atoms with E-state index in [1.807, 2.05) is 6.92 Å². The molecule has 0 atom stereocenters. The highest BCUT2D eigenvalue weighted by Gasteiger charge is 2.33. The van der Waals surface area contributed by atoms with Crippen molar-refractivity contribution < 1.29 is 17.6 Å². The number of rotatable bonds is 3. The van der Waals surface area contributed by atoms with Gasteiger partial charge in [0.1, 0.15) is 6.67 Å². The number of alkyl halides is 4. The van der Waals surface area contributed by atoms with Crippen molar-refractivity contribution in [2.24, 2.45) is 0 Å². The highest BCUT2D eigenvalue weighted by Crippen LogP contribution is 2.34. The lowest BCUT2D eigenvalue weighted by atomic mass is 9.94. The molecule has 4 heteroatoms. The first-order valence-corrected chi connectivity index (χ1v) is 6.62. The first-order chi connectivity index (χ1) is 9.81. The lowest BCUT2D eigenvalue weighted by molar-refractivity contribution is -0.138. The van der Waals surface area contributed by atoms with Crippen molar-refractivity contribution in [3.8, 4) is 0 Å². The van der Waals surface area contributed by atoms with Gasteiger partial charge in [0.2, 0.25) is 0 Å². The Morgan fingerprint density at radius 3 is 1.95 bits per heavy atom. The van der Waals surface area contributed by atoms with Crippen molar-refractivity contribution in [1.82, 2.24) is 0 Å². The molecule has 0 aliphatic heterocycles. The Morgan fingerprint density at radius 1 is 0.810 bits per heavy atom. The normalized spacial score (nSPS) is 11.7. The van der Waals surface area contributed by atoms with Gasteiger partial charge < -0.3 is 0 Å². The molecule has 21 heavy (non-hydrogen) atoms. The minimum absolute atomic E-state index is 0.0780. The summed E-state index contributed by atoms with van der Waals surface area (Å²) in [6, 6.07) is 9.42. The molecule has 0 heterocycles. The van der Waals surface area contributed by atoms with Crippen LogP contribution in [0.15, 0.2) is 36.4 Å². The fourth-order valence-corrected chi connectivity index (χ4v) is 2.37. The van der Waals surface area contributed by atoms with E-state index in [0.29, 0.717) is 16.7 Å². The molecule has 0 nitrogen and oxygen atoms in total. The van der Waals surface area contributed by atoms with E-state index < -0.39 is 18.4 Å². The molecular weight excluding hydrogens is 280 g/mol. The van der Waals surface area contributed by atoms with Crippen LogP contribution in [0.25, 0.3) is 0 Å². The minimum atomic E-state index is -4.40. The van der Waals surface area contributed by atoms with Gasteiger partial charge in [0.25, 0.3) is 0 Å². The Bertz CT molecular complexity index is 642. The average molecular weight is 296 g/mol. The Morgan fingerprint density at radius 2 is 1.38 bits per heavy atom. The van der Waals surface area contributed by atoms with E-state index in [4.69, 9.17) is 0 Å². The summed E-state index contributed by atoms with van der Waals surface area (Å²) in [4.78, 5) is 0. The van der Waals surface area contributed by atoms with E-state index >= 15 is 0 Å². The number of benzene rings is 2. The summed E-state index contributed by atoms with van der Waals surface area (Å²) in [6.45, 7) is 2.78. The van der Waals surface area contributed by atoms with Crippen molar-refractivity contribution >= 4 is 0 Å². The van der Waals surface area contributed by atoms with Crippen LogP contribution in [-0.4, -0.2) is 0 Å². The lowest BCUT2D eigenvalue weighted by Crippen LogP contribution is -2.10. The summed E-state index contributed by atoms with van der Waals surface area (Å²) in [5.74, 6) is 0. The molecule has 0 aliphatic rings. The molecule has 0 aromatic heterocycles. The highest BCUT2D eigenvalue weighted by molar-refractivity contribution is 5.40. The van der Waals surface area contributed by atoms with Gasteiger partial charge in [0.15, 0.2) is 0 Å². The van der Waals surface area contributed by atoms with E-state index in [-0.39, 0.29) is 12.0 Å². The molecule has 0 bridgehead atoms. The quantitative estimate of drug-likeness (QED) is 0.667. The zero-order chi connectivity index (χ0) is 15.6. The first kappa shape index (κ1) is 15.5. The van der Waals surface area contributed by atoms with E-state index in [2.05, 4.69) is 0 Å². The number of halogens is 4. The Labute approximate surface area is 121 Å². The highest BCUT2D eigenvalue weighted by atomic mass is 19.4. The molecule has 0 fully saturated rings. The molecule has 0 saturated carbocycles. The fourth-order valence-electron chi connectivity index (χ4n) is 2.37. The monoisotopic (exact) mass is 296 g/mol. The molecule has 0 unspecified atom stereocenters. The average Bonchev–Trinajstić information content (AvgIpc) is 2.41. The van der Waals surface area contributed by atoms with Crippen molar-refractivity contribution in [2.45, 2.75) is 33.1 Å². The van der Waals surface area contributed by atoms with Gasteiger partial charge in [-0.3, -0.25) is 0 Å². The Kier molecular flexibility index (Phi) is 4.35. The van der Waals surface area contributed by atoms with Crippen LogP contribution in [0.1, 0.15) is 33.4 Å². The molecule has 2 aromatic rings. The minimum Gasteiger partial charge on any atom is -0.246 e. The third-order valence-electron chi connectivity index (χ3n) is 3.46. The maximum Gasteiger partial charge on any atom is 0.416 e. The van der Waals surface area contributed by atoms with Crippen LogP contribution in [0.4, 0.5) is 17.6 Å². The van der Waals surface area contributed by atoms with Crippen LogP contribution < -0.4 is 0 Å². The zero-order valence-electron chi connectivity index (χ0n) is 11.9. The molecule has 0 aliphatic carbocycles. The maximum absolute atomic E-state index is 13.1. The second-order valence-corrected chi connectivity index (χ2v) is 5.24. The molecule has 0 amide bonds. The van der Waals surface area contributed by atoms with E-state index in [0.717, 1.165) is 11.6 Å². The van der Waals surface area contributed by atoms with Gasteiger partial charge in [0, 0.05) is 0 Å². The van der Waals surface area contributed by atoms with Crippen LogP contribution in [-0.2, 0) is 19.3 Å². The van der Waals surface area contributed by atoms with Crippen LogP contribution in [0.2, 0.25) is 0 Å². The molecule has 2 rings (SSSR count). The molecule has 0 spiro atoms. The van der Waals surface area contributed by atoms with Crippen LogP contribution in [0, 0.1) is 13.8 Å². The van der Waals surface area contributed by atoms with Gasteiger partial charge in [-0.05, 0) is 43.0 Å². The number of hydrogen-bond acceptors (Lipinski definition) is 0. The van der Waals surface area contributed by atoms with Crippen molar-refractivity contribution in [2.75, 3.05) is 0 Å². The number of hydrogen-bond donors (Lipinski definition) is 0. The van der Waals surface area contributed by atoms with E-state index in [1.54, 1.807) is 31.2 Å². The Balaban J connectivity index is 2.45. The van der Waals surface area contributed by atoms with Gasteiger partial charge in [-0.2, -0.15) is 13.2 Å². The van der Waals surface area contributed by atoms with E-state index in [1.165, 1.54) is 6.07 Å². The third-order valence-corrected chi connectivity index (χ3v) is 3.46. The maximum atomic E-state index is 13.1.